The van der Waals surface area contributed by atoms with Crippen molar-refractivity contribution in [3.63, 3.8) is 0 Å². The van der Waals surface area contributed by atoms with Crippen molar-refractivity contribution < 1.29 is 9.53 Å². The molecule has 0 aliphatic rings. The fourth-order valence-electron chi connectivity index (χ4n) is 1.77. The summed E-state index contributed by atoms with van der Waals surface area (Å²) in [6, 6.07) is 7.88. The maximum absolute atomic E-state index is 11.7. The molecule has 0 saturated heterocycles. The van der Waals surface area contributed by atoms with Gasteiger partial charge in [-0.05, 0) is 31.0 Å². The number of hydrogen-bond donors (Lipinski definition) is 1. The number of hydrogen-bond acceptors (Lipinski definition) is 3. The lowest BCUT2D eigenvalue weighted by Crippen LogP contribution is -2.29. The first kappa shape index (κ1) is 17.7. The number of likely N-dealkylation sites (N-methyl/N-ethyl adjacent to an activating group) is 1. The molecule has 1 aromatic carbocycles. The van der Waals surface area contributed by atoms with Crippen LogP contribution in [0, 0.1) is 0 Å². The molecule has 0 fully saturated rings. The third-order valence-electron chi connectivity index (χ3n) is 2.93. The monoisotopic (exact) mass is 286 g/mol. The molecule has 0 aliphatic heterocycles. The van der Waals surface area contributed by atoms with Crippen molar-refractivity contribution in [2.45, 2.75) is 19.3 Å². The second kappa shape index (κ2) is 9.64. The highest BCUT2D eigenvalue weighted by atomic mass is 35.5. The van der Waals surface area contributed by atoms with Crippen molar-refractivity contribution in [3.05, 3.63) is 29.8 Å². The number of carbonyl (C=O) groups is 1. The molecule has 1 aromatic rings. The summed E-state index contributed by atoms with van der Waals surface area (Å²) in [5, 5.41) is 0. The predicted octanol–water partition coefficient (Wildman–Crippen LogP) is 1.86. The van der Waals surface area contributed by atoms with Crippen molar-refractivity contribution in [2.75, 3.05) is 27.2 Å². The maximum atomic E-state index is 11.7. The normalized spacial score (nSPS) is 9.63. The van der Waals surface area contributed by atoms with Gasteiger partial charge < -0.3 is 15.4 Å². The summed E-state index contributed by atoms with van der Waals surface area (Å²) in [7, 11) is 3.49. The highest BCUT2D eigenvalue weighted by molar-refractivity contribution is 5.85. The molecule has 0 aliphatic carbocycles. The van der Waals surface area contributed by atoms with E-state index in [1.165, 1.54) is 0 Å². The van der Waals surface area contributed by atoms with E-state index in [0.717, 1.165) is 24.2 Å². The van der Waals surface area contributed by atoms with E-state index in [0.29, 0.717) is 19.5 Å². The van der Waals surface area contributed by atoms with Gasteiger partial charge in [-0.25, -0.2) is 0 Å². The number of nitrogens with two attached hydrogens (primary N) is 1. The number of halogens is 1. The average molecular weight is 287 g/mol. The molecule has 19 heavy (non-hydrogen) atoms. The molecule has 1 amide bonds. The molecule has 0 aromatic heterocycles. The molecular formula is C14H23ClN2O2. The standard InChI is InChI=1S/C14H22N2O2.ClH/c1-16(14(17)8-5-10-15)11-9-12-6-3-4-7-13(12)18-2;/h3-4,6-7H,5,8-11,15H2,1-2H3;1H. The number of methoxy groups -OCH3 is 1. The van der Waals surface area contributed by atoms with Crippen LogP contribution in [0.5, 0.6) is 5.75 Å². The minimum absolute atomic E-state index is 0. The van der Waals surface area contributed by atoms with Gasteiger partial charge in [-0.1, -0.05) is 18.2 Å². The fraction of sp³-hybridized carbons (Fsp3) is 0.500. The third-order valence-corrected chi connectivity index (χ3v) is 2.93. The van der Waals surface area contributed by atoms with Crippen molar-refractivity contribution in [3.8, 4) is 5.75 Å². The van der Waals surface area contributed by atoms with Crippen LogP contribution in [0.2, 0.25) is 0 Å². The van der Waals surface area contributed by atoms with Crippen LogP contribution in [0.3, 0.4) is 0 Å². The Bertz CT molecular complexity index is 385. The number of carbonyl (C=O) groups excluding carboxylic acids is 1. The van der Waals surface area contributed by atoms with E-state index in [-0.39, 0.29) is 18.3 Å². The Morgan fingerprint density at radius 2 is 2.05 bits per heavy atom. The average Bonchev–Trinajstić information content (AvgIpc) is 2.42. The largest absolute Gasteiger partial charge is 0.496 e. The second-order valence-electron chi connectivity index (χ2n) is 4.27. The Morgan fingerprint density at radius 1 is 1.37 bits per heavy atom. The van der Waals surface area contributed by atoms with E-state index < -0.39 is 0 Å². The minimum atomic E-state index is 0. The lowest BCUT2D eigenvalue weighted by atomic mass is 10.1. The number of ether oxygens (including phenoxy) is 1. The maximum Gasteiger partial charge on any atom is 0.222 e. The SMILES string of the molecule is COc1ccccc1CCN(C)C(=O)CCCN.Cl. The van der Waals surface area contributed by atoms with Crippen molar-refractivity contribution in [1.82, 2.24) is 4.90 Å². The first-order valence-corrected chi connectivity index (χ1v) is 6.25. The number of rotatable bonds is 7. The number of benzene rings is 1. The molecule has 2 N–H and O–H groups in total. The molecule has 0 spiro atoms. The molecule has 0 atom stereocenters. The van der Waals surface area contributed by atoms with Crippen LogP contribution in [0.25, 0.3) is 0 Å². The van der Waals surface area contributed by atoms with E-state index in [1.807, 2.05) is 31.3 Å². The second-order valence-corrected chi connectivity index (χ2v) is 4.27. The van der Waals surface area contributed by atoms with E-state index in [4.69, 9.17) is 10.5 Å². The lowest BCUT2D eigenvalue weighted by Gasteiger charge is -2.17. The summed E-state index contributed by atoms with van der Waals surface area (Å²) in [6.45, 7) is 1.26. The lowest BCUT2D eigenvalue weighted by molar-refractivity contribution is -0.129. The summed E-state index contributed by atoms with van der Waals surface area (Å²) in [5.74, 6) is 1.02. The molecule has 5 heteroatoms. The van der Waals surface area contributed by atoms with Gasteiger partial charge in [0.25, 0.3) is 0 Å². The highest BCUT2D eigenvalue weighted by Gasteiger charge is 2.09. The van der Waals surface area contributed by atoms with Crippen LogP contribution < -0.4 is 10.5 Å². The van der Waals surface area contributed by atoms with Crippen molar-refractivity contribution in [2.24, 2.45) is 5.73 Å². The molecule has 0 unspecified atom stereocenters. The molecular weight excluding hydrogens is 264 g/mol. The highest BCUT2D eigenvalue weighted by Crippen LogP contribution is 2.17. The van der Waals surface area contributed by atoms with Gasteiger partial charge in [-0.2, -0.15) is 0 Å². The van der Waals surface area contributed by atoms with Gasteiger partial charge in [0.2, 0.25) is 5.91 Å². The van der Waals surface area contributed by atoms with Gasteiger partial charge >= 0.3 is 0 Å². The number of amides is 1. The van der Waals surface area contributed by atoms with Gasteiger partial charge in [0.1, 0.15) is 5.75 Å². The summed E-state index contributed by atoms with van der Waals surface area (Å²) in [6.07, 6.45) is 2.08. The summed E-state index contributed by atoms with van der Waals surface area (Å²) in [4.78, 5) is 13.5. The van der Waals surface area contributed by atoms with Gasteiger partial charge in [-0.3, -0.25) is 4.79 Å². The van der Waals surface area contributed by atoms with Gasteiger partial charge in [-0.15, -0.1) is 12.4 Å². The first-order valence-electron chi connectivity index (χ1n) is 6.25. The zero-order valence-corrected chi connectivity index (χ0v) is 12.4. The van der Waals surface area contributed by atoms with Gasteiger partial charge in [0.15, 0.2) is 0 Å². The fourth-order valence-corrected chi connectivity index (χ4v) is 1.77. The number of nitrogens with zero attached hydrogens (tertiary/aromatic N) is 1. The van der Waals surface area contributed by atoms with Crippen molar-refractivity contribution in [1.29, 1.82) is 0 Å². The number of para-hydroxylation sites is 1. The van der Waals surface area contributed by atoms with Crippen LogP contribution >= 0.6 is 12.4 Å². The Labute approximate surface area is 121 Å². The summed E-state index contributed by atoms with van der Waals surface area (Å²) in [5.41, 5.74) is 6.52. The summed E-state index contributed by atoms with van der Waals surface area (Å²) < 4.78 is 5.28. The van der Waals surface area contributed by atoms with Gasteiger partial charge in [0, 0.05) is 20.0 Å². The Hall–Kier alpha value is -1.26. The molecule has 0 heterocycles. The topological polar surface area (TPSA) is 55.6 Å². The zero-order valence-electron chi connectivity index (χ0n) is 11.6. The van der Waals surface area contributed by atoms with E-state index >= 15 is 0 Å². The Kier molecular flexibility index (Phi) is 9.00. The van der Waals surface area contributed by atoms with Crippen LogP contribution in [0.4, 0.5) is 0 Å². The molecule has 108 valence electrons. The van der Waals surface area contributed by atoms with E-state index in [9.17, 15) is 4.79 Å². The van der Waals surface area contributed by atoms with Gasteiger partial charge in [0.05, 0.1) is 7.11 Å². The van der Waals surface area contributed by atoms with Crippen molar-refractivity contribution >= 4 is 18.3 Å². The zero-order chi connectivity index (χ0) is 13.4. The molecule has 1 rings (SSSR count). The predicted molar refractivity (Wildman–Crippen MR) is 79.9 cm³/mol. The first-order chi connectivity index (χ1) is 8.69. The molecule has 4 nitrogen and oxygen atoms in total. The van der Waals surface area contributed by atoms with Crippen LogP contribution in [0.15, 0.2) is 24.3 Å². The Morgan fingerprint density at radius 3 is 2.68 bits per heavy atom. The molecule has 0 saturated carbocycles. The van der Waals surface area contributed by atoms with E-state index in [1.54, 1.807) is 12.0 Å². The molecule has 0 bridgehead atoms. The van der Waals surface area contributed by atoms with Crippen LogP contribution in [-0.4, -0.2) is 38.1 Å². The van der Waals surface area contributed by atoms with Crippen LogP contribution in [0.1, 0.15) is 18.4 Å². The summed E-state index contributed by atoms with van der Waals surface area (Å²) >= 11 is 0. The van der Waals surface area contributed by atoms with E-state index in [2.05, 4.69) is 0 Å². The Balaban J connectivity index is 0.00000324. The minimum Gasteiger partial charge on any atom is -0.496 e. The third kappa shape index (κ3) is 5.94. The smallest absolute Gasteiger partial charge is 0.222 e. The van der Waals surface area contributed by atoms with Crippen LogP contribution in [-0.2, 0) is 11.2 Å². The molecule has 0 radical (unpaired) electrons. The quantitative estimate of drug-likeness (QED) is 0.832.